The summed E-state index contributed by atoms with van der Waals surface area (Å²) >= 11 is 0. The van der Waals surface area contributed by atoms with Crippen LogP contribution < -0.4 is 11.1 Å². The Balaban J connectivity index is 2.22. The average molecular weight is 275 g/mol. The Morgan fingerprint density at radius 1 is 1.40 bits per heavy atom. The molecule has 2 rings (SSSR count). The summed E-state index contributed by atoms with van der Waals surface area (Å²) in [5.41, 5.74) is 7.18. The normalized spacial score (nSPS) is 12.1. The Kier molecular flexibility index (Phi) is 4.37. The Morgan fingerprint density at radius 3 is 2.85 bits per heavy atom. The highest BCUT2D eigenvalue weighted by Gasteiger charge is 2.22. The molecule has 0 radical (unpaired) electrons. The van der Waals surface area contributed by atoms with Gasteiger partial charge in [-0.2, -0.15) is 0 Å². The van der Waals surface area contributed by atoms with E-state index in [9.17, 15) is 9.59 Å². The molecule has 0 unspecified atom stereocenters. The maximum atomic E-state index is 11.7. The molecule has 4 N–H and O–H groups in total. The molecule has 1 heterocycles. The van der Waals surface area contributed by atoms with Crippen molar-refractivity contribution in [3.8, 4) is 0 Å². The van der Waals surface area contributed by atoms with E-state index in [1.54, 1.807) is 0 Å². The van der Waals surface area contributed by atoms with Gasteiger partial charge in [0, 0.05) is 23.5 Å². The van der Waals surface area contributed by atoms with Crippen molar-refractivity contribution in [3.63, 3.8) is 0 Å². The third-order valence-corrected chi connectivity index (χ3v) is 3.11. The molecule has 20 heavy (non-hydrogen) atoms. The number of nitrogens with one attached hydrogen (secondary N) is 2. The number of para-hydroxylation sites is 1. The van der Waals surface area contributed by atoms with Crippen LogP contribution in [0.2, 0.25) is 0 Å². The number of carbonyl (C=O) groups is 2. The van der Waals surface area contributed by atoms with E-state index in [0.717, 1.165) is 16.5 Å². The summed E-state index contributed by atoms with van der Waals surface area (Å²) in [5, 5.41) is 3.59. The molecule has 0 aliphatic heterocycles. The quantitative estimate of drug-likeness (QED) is 0.685. The molecule has 1 aromatic carbocycles. The largest absolute Gasteiger partial charge is 0.467 e. The second-order valence-electron chi connectivity index (χ2n) is 4.41. The minimum atomic E-state index is -0.741. The number of carbonyl (C=O) groups excluding carboxylic acids is 2. The molecule has 0 saturated carbocycles. The third kappa shape index (κ3) is 2.97. The predicted molar refractivity (Wildman–Crippen MR) is 75.0 cm³/mol. The van der Waals surface area contributed by atoms with Gasteiger partial charge in [-0.05, 0) is 11.6 Å². The topological polar surface area (TPSA) is 97.2 Å². The second-order valence-corrected chi connectivity index (χ2v) is 4.41. The molecule has 0 bridgehead atoms. The Morgan fingerprint density at radius 2 is 2.15 bits per heavy atom. The predicted octanol–water partition coefficient (Wildman–Crippen LogP) is 0.327. The summed E-state index contributed by atoms with van der Waals surface area (Å²) in [7, 11) is 1.29. The molecule has 0 saturated heterocycles. The number of methoxy groups -OCH3 is 1. The third-order valence-electron chi connectivity index (χ3n) is 3.11. The molecule has 6 nitrogen and oxygen atoms in total. The van der Waals surface area contributed by atoms with E-state index in [1.165, 1.54) is 7.11 Å². The highest BCUT2D eigenvalue weighted by molar-refractivity contribution is 5.87. The van der Waals surface area contributed by atoms with E-state index < -0.39 is 12.0 Å². The number of aromatic nitrogens is 1. The summed E-state index contributed by atoms with van der Waals surface area (Å²) < 4.78 is 4.71. The van der Waals surface area contributed by atoms with Crippen LogP contribution in [-0.2, 0) is 20.7 Å². The lowest BCUT2D eigenvalue weighted by Crippen LogP contribution is -2.45. The number of nitrogens with two attached hydrogens (primary N) is 1. The molecule has 2 aromatic rings. The van der Waals surface area contributed by atoms with Crippen LogP contribution in [0, 0.1) is 0 Å². The van der Waals surface area contributed by atoms with E-state index in [0.29, 0.717) is 6.42 Å². The first kappa shape index (κ1) is 14.1. The summed E-state index contributed by atoms with van der Waals surface area (Å²) in [4.78, 5) is 26.2. The first-order chi connectivity index (χ1) is 9.65. The highest BCUT2D eigenvalue weighted by atomic mass is 16.5. The van der Waals surface area contributed by atoms with Gasteiger partial charge in [-0.25, -0.2) is 4.79 Å². The number of hydrogen-bond donors (Lipinski definition) is 3. The van der Waals surface area contributed by atoms with Crippen LogP contribution in [0.1, 0.15) is 5.56 Å². The van der Waals surface area contributed by atoms with Crippen molar-refractivity contribution < 1.29 is 14.3 Å². The molecule has 6 heteroatoms. The molecular formula is C14H17N3O3. The van der Waals surface area contributed by atoms with Crippen LogP contribution in [0.15, 0.2) is 30.5 Å². The van der Waals surface area contributed by atoms with Gasteiger partial charge in [0.15, 0.2) is 0 Å². The fourth-order valence-electron chi connectivity index (χ4n) is 2.11. The van der Waals surface area contributed by atoms with Crippen molar-refractivity contribution in [2.75, 3.05) is 13.7 Å². The zero-order valence-electron chi connectivity index (χ0n) is 11.2. The summed E-state index contributed by atoms with van der Waals surface area (Å²) in [6.07, 6.45) is 2.18. The molecule has 0 spiro atoms. The Labute approximate surface area is 116 Å². The first-order valence-electron chi connectivity index (χ1n) is 6.28. The number of ether oxygens (including phenoxy) is 1. The van der Waals surface area contributed by atoms with Gasteiger partial charge in [-0.15, -0.1) is 0 Å². The fourth-order valence-corrected chi connectivity index (χ4v) is 2.11. The van der Waals surface area contributed by atoms with Crippen LogP contribution >= 0.6 is 0 Å². The molecule has 0 aliphatic rings. The van der Waals surface area contributed by atoms with Crippen LogP contribution in [0.25, 0.3) is 10.9 Å². The van der Waals surface area contributed by atoms with Gasteiger partial charge in [-0.1, -0.05) is 18.2 Å². The number of H-pyrrole nitrogens is 1. The monoisotopic (exact) mass is 275 g/mol. The lowest BCUT2D eigenvalue weighted by molar-refractivity contribution is -0.144. The number of esters is 1. The number of aromatic amines is 1. The highest BCUT2D eigenvalue weighted by Crippen LogP contribution is 2.19. The summed E-state index contributed by atoms with van der Waals surface area (Å²) in [6, 6.07) is 7.02. The van der Waals surface area contributed by atoms with Gasteiger partial charge in [0.25, 0.3) is 0 Å². The van der Waals surface area contributed by atoms with Crippen LogP contribution in [0.5, 0.6) is 0 Å². The number of rotatable bonds is 5. The number of benzene rings is 1. The molecular weight excluding hydrogens is 258 g/mol. The smallest absolute Gasteiger partial charge is 0.328 e. The van der Waals surface area contributed by atoms with Gasteiger partial charge in [0.1, 0.15) is 6.04 Å². The second kappa shape index (κ2) is 6.21. The zero-order valence-corrected chi connectivity index (χ0v) is 11.2. The lowest BCUT2D eigenvalue weighted by atomic mass is 10.0. The minimum Gasteiger partial charge on any atom is -0.467 e. The van der Waals surface area contributed by atoms with Crippen LogP contribution in [0.4, 0.5) is 0 Å². The molecule has 1 aromatic heterocycles. The van der Waals surface area contributed by atoms with E-state index in [4.69, 9.17) is 10.5 Å². The van der Waals surface area contributed by atoms with Gasteiger partial charge >= 0.3 is 5.97 Å². The number of amides is 1. The SMILES string of the molecule is COC(=O)[C@H](Cc1c[nH]c2ccccc12)NC(=O)CN. The molecule has 0 aliphatic carbocycles. The molecule has 1 amide bonds. The standard InChI is InChI=1S/C14H17N3O3/c1-20-14(19)12(17-13(18)7-15)6-9-8-16-11-5-3-2-4-10(9)11/h2-5,8,12,16H,6-7,15H2,1H3,(H,17,18)/t12-/m0/s1. The maximum Gasteiger partial charge on any atom is 0.328 e. The Hall–Kier alpha value is -2.34. The van der Waals surface area contributed by atoms with Crippen molar-refractivity contribution in [1.82, 2.24) is 10.3 Å². The zero-order chi connectivity index (χ0) is 14.5. The molecule has 1 atom stereocenters. The van der Waals surface area contributed by atoms with Crippen molar-refractivity contribution in [3.05, 3.63) is 36.0 Å². The Bertz CT molecular complexity index is 621. The van der Waals surface area contributed by atoms with E-state index in [2.05, 4.69) is 10.3 Å². The maximum absolute atomic E-state index is 11.7. The summed E-state index contributed by atoms with van der Waals surface area (Å²) in [6.45, 7) is -0.165. The summed E-state index contributed by atoms with van der Waals surface area (Å²) in [5.74, 6) is -0.877. The van der Waals surface area contributed by atoms with Gasteiger partial charge in [0.2, 0.25) is 5.91 Å². The lowest BCUT2D eigenvalue weighted by Gasteiger charge is -2.15. The van der Waals surface area contributed by atoms with Crippen molar-refractivity contribution in [2.24, 2.45) is 5.73 Å². The van der Waals surface area contributed by atoms with Gasteiger partial charge in [0.05, 0.1) is 13.7 Å². The van der Waals surface area contributed by atoms with Gasteiger partial charge in [-0.3, -0.25) is 4.79 Å². The van der Waals surface area contributed by atoms with Gasteiger partial charge < -0.3 is 20.8 Å². The molecule has 0 fully saturated rings. The van der Waals surface area contributed by atoms with Crippen LogP contribution in [0.3, 0.4) is 0 Å². The van der Waals surface area contributed by atoms with Crippen molar-refractivity contribution >= 4 is 22.8 Å². The minimum absolute atomic E-state index is 0.165. The fraction of sp³-hybridized carbons (Fsp3) is 0.286. The van der Waals surface area contributed by atoms with Crippen molar-refractivity contribution in [1.29, 1.82) is 0 Å². The van der Waals surface area contributed by atoms with E-state index in [-0.39, 0.29) is 12.5 Å². The van der Waals surface area contributed by atoms with E-state index in [1.807, 2.05) is 30.5 Å². The molecule has 106 valence electrons. The average Bonchev–Trinajstić information content (AvgIpc) is 2.89. The first-order valence-corrected chi connectivity index (χ1v) is 6.28. The van der Waals surface area contributed by atoms with E-state index >= 15 is 0 Å². The van der Waals surface area contributed by atoms with Crippen molar-refractivity contribution in [2.45, 2.75) is 12.5 Å². The number of hydrogen-bond acceptors (Lipinski definition) is 4. The number of fused-ring (bicyclic) bond motifs is 1. The van der Waals surface area contributed by atoms with Crippen LogP contribution in [-0.4, -0.2) is 36.6 Å².